The molecule has 1 nitrogen and oxygen atoms in total. The highest BCUT2D eigenvalue weighted by Crippen LogP contribution is 2.42. The molecule has 0 saturated carbocycles. The Morgan fingerprint density at radius 1 is 1.07 bits per heavy atom. The molecule has 1 aromatic rings. The van der Waals surface area contributed by atoms with E-state index < -0.39 is 0 Å². The molecule has 0 spiro atoms. The Kier molecular flexibility index (Phi) is 2.53. The molecule has 0 bridgehead atoms. The Bertz CT molecular complexity index is 394. The molecule has 15 heavy (non-hydrogen) atoms. The van der Waals surface area contributed by atoms with Gasteiger partial charge in [-0.1, -0.05) is 0 Å². The van der Waals surface area contributed by atoms with E-state index in [2.05, 4.69) is 57.2 Å². The SMILES string of the molecule is Cc1c(C)c2c(c(C)c1I)CC(C)(C)O2. The largest absolute Gasteiger partial charge is 0.487 e. The van der Waals surface area contributed by atoms with Crippen LogP contribution in [0.4, 0.5) is 0 Å². The van der Waals surface area contributed by atoms with Crippen LogP contribution in [-0.2, 0) is 6.42 Å². The zero-order chi connectivity index (χ0) is 11.4. The van der Waals surface area contributed by atoms with Gasteiger partial charge in [0.2, 0.25) is 0 Å². The van der Waals surface area contributed by atoms with Gasteiger partial charge in [0.1, 0.15) is 11.4 Å². The van der Waals surface area contributed by atoms with Crippen molar-refractivity contribution in [2.45, 2.75) is 46.6 Å². The molecule has 0 radical (unpaired) electrons. The molecule has 1 aromatic carbocycles. The Hall–Kier alpha value is -0.250. The van der Waals surface area contributed by atoms with E-state index in [1.54, 1.807) is 0 Å². The summed E-state index contributed by atoms with van der Waals surface area (Å²) in [6.07, 6.45) is 1.03. The highest BCUT2D eigenvalue weighted by molar-refractivity contribution is 14.1. The quantitative estimate of drug-likeness (QED) is 0.659. The lowest BCUT2D eigenvalue weighted by atomic mass is 9.94. The molecule has 0 aliphatic carbocycles. The predicted octanol–water partition coefficient (Wildman–Crippen LogP) is 3.93. The molecular formula is C13H17IO. The highest BCUT2D eigenvalue weighted by atomic mass is 127. The summed E-state index contributed by atoms with van der Waals surface area (Å²) < 4.78 is 7.43. The van der Waals surface area contributed by atoms with Gasteiger partial charge in [-0.05, 0) is 73.9 Å². The molecule has 0 saturated heterocycles. The van der Waals surface area contributed by atoms with Crippen LogP contribution in [0.1, 0.15) is 36.1 Å². The van der Waals surface area contributed by atoms with Crippen molar-refractivity contribution in [3.63, 3.8) is 0 Å². The Morgan fingerprint density at radius 3 is 2.27 bits per heavy atom. The van der Waals surface area contributed by atoms with Crippen LogP contribution in [0.25, 0.3) is 0 Å². The van der Waals surface area contributed by atoms with E-state index in [0.717, 1.165) is 12.2 Å². The van der Waals surface area contributed by atoms with E-state index >= 15 is 0 Å². The second-order valence-electron chi connectivity index (χ2n) is 5.04. The molecule has 0 amide bonds. The number of hydrogen-bond donors (Lipinski definition) is 0. The lowest BCUT2D eigenvalue weighted by Crippen LogP contribution is -2.24. The van der Waals surface area contributed by atoms with E-state index in [4.69, 9.17) is 4.74 Å². The van der Waals surface area contributed by atoms with E-state index in [1.807, 2.05) is 0 Å². The summed E-state index contributed by atoms with van der Waals surface area (Å²) in [5.74, 6) is 1.13. The van der Waals surface area contributed by atoms with Crippen molar-refractivity contribution in [1.29, 1.82) is 0 Å². The first kappa shape index (κ1) is 11.2. The fourth-order valence-electron chi connectivity index (χ4n) is 2.23. The zero-order valence-corrected chi connectivity index (χ0v) is 12.2. The molecule has 82 valence electrons. The summed E-state index contributed by atoms with van der Waals surface area (Å²) in [5.41, 5.74) is 5.45. The van der Waals surface area contributed by atoms with Gasteiger partial charge in [-0.3, -0.25) is 0 Å². The number of halogens is 1. The average Bonchev–Trinajstić information content (AvgIpc) is 2.48. The van der Waals surface area contributed by atoms with Crippen LogP contribution in [-0.4, -0.2) is 5.60 Å². The molecule has 1 heterocycles. The molecular weight excluding hydrogens is 299 g/mol. The normalized spacial score (nSPS) is 17.5. The minimum absolute atomic E-state index is 0.0330. The summed E-state index contributed by atoms with van der Waals surface area (Å²) in [6.45, 7) is 10.9. The summed E-state index contributed by atoms with van der Waals surface area (Å²) in [7, 11) is 0. The molecule has 0 unspecified atom stereocenters. The maximum Gasteiger partial charge on any atom is 0.126 e. The topological polar surface area (TPSA) is 9.23 Å². The zero-order valence-electron chi connectivity index (χ0n) is 9.99. The van der Waals surface area contributed by atoms with Crippen LogP contribution in [0.5, 0.6) is 5.75 Å². The standard InChI is InChI=1S/C13H17IO/c1-7-8(2)12-10(9(3)11(7)14)6-13(4,5)15-12/h6H2,1-5H3. The van der Waals surface area contributed by atoms with Crippen molar-refractivity contribution in [3.05, 3.63) is 25.8 Å². The highest BCUT2D eigenvalue weighted by Gasteiger charge is 2.33. The first-order valence-corrected chi connectivity index (χ1v) is 6.38. The molecule has 0 N–H and O–H groups in total. The van der Waals surface area contributed by atoms with Crippen LogP contribution < -0.4 is 4.74 Å². The monoisotopic (exact) mass is 316 g/mol. The molecule has 1 aliphatic heterocycles. The third kappa shape index (κ3) is 1.67. The van der Waals surface area contributed by atoms with Gasteiger partial charge in [0.05, 0.1) is 0 Å². The first-order valence-electron chi connectivity index (χ1n) is 5.30. The van der Waals surface area contributed by atoms with Gasteiger partial charge < -0.3 is 4.74 Å². The van der Waals surface area contributed by atoms with Crippen LogP contribution in [0, 0.1) is 24.3 Å². The van der Waals surface area contributed by atoms with Crippen LogP contribution in [0.3, 0.4) is 0 Å². The third-order valence-electron chi connectivity index (χ3n) is 3.27. The van der Waals surface area contributed by atoms with E-state index in [0.29, 0.717) is 0 Å². The molecule has 2 rings (SSSR count). The predicted molar refractivity (Wildman–Crippen MR) is 71.8 cm³/mol. The van der Waals surface area contributed by atoms with Gasteiger partial charge in [0, 0.05) is 15.6 Å². The smallest absolute Gasteiger partial charge is 0.126 e. The summed E-state index contributed by atoms with van der Waals surface area (Å²) in [5, 5.41) is 0. The average molecular weight is 316 g/mol. The van der Waals surface area contributed by atoms with Gasteiger partial charge in [-0.25, -0.2) is 0 Å². The van der Waals surface area contributed by atoms with Gasteiger partial charge >= 0.3 is 0 Å². The Balaban J connectivity index is 2.69. The van der Waals surface area contributed by atoms with Crippen LogP contribution in [0.15, 0.2) is 0 Å². The van der Waals surface area contributed by atoms with Crippen molar-refractivity contribution in [2.24, 2.45) is 0 Å². The number of fused-ring (bicyclic) bond motifs is 1. The van der Waals surface area contributed by atoms with Crippen molar-refractivity contribution in [2.75, 3.05) is 0 Å². The Morgan fingerprint density at radius 2 is 1.67 bits per heavy atom. The van der Waals surface area contributed by atoms with Crippen molar-refractivity contribution < 1.29 is 4.74 Å². The lowest BCUT2D eigenvalue weighted by molar-refractivity contribution is 0.137. The number of rotatable bonds is 0. The minimum atomic E-state index is -0.0330. The minimum Gasteiger partial charge on any atom is -0.487 e. The van der Waals surface area contributed by atoms with Crippen LogP contribution >= 0.6 is 22.6 Å². The summed E-state index contributed by atoms with van der Waals surface area (Å²) in [4.78, 5) is 0. The third-order valence-corrected chi connectivity index (χ3v) is 4.89. The molecule has 0 aromatic heterocycles. The second kappa shape index (κ2) is 3.37. The number of ether oxygens (including phenoxy) is 1. The van der Waals surface area contributed by atoms with Crippen molar-refractivity contribution >= 4 is 22.6 Å². The number of benzene rings is 1. The van der Waals surface area contributed by atoms with E-state index in [9.17, 15) is 0 Å². The second-order valence-corrected chi connectivity index (χ2v) is 6.11. The summed E-state index contributed by atoms with van der Waals surface area (Å²) in [6, 6.07) is 0. The van der Waals surface area contributed by atoms with Crippen molar-refractivity contribution in [1.82, 2.24) is 0 Å². The molecule has 2 heteroatoms. The van der Waals surface area contributed by atoms with Gasteiger partial charge in [-0.2, -0.15) is 0 Å². The van der Waals surface area contributed by atoms with Gasteiger partial charge in [-0.15, -0.1) is 0 Å². The molecule has 0 atom stereocenters. The number of hydrogen-bond acceptors (Lipinski definition) is 1. The van der Waals surface area contributed by atoms with Gasteiger partial charge in [0.15, 0.2) is 0 Å². The van der Waals surface area contributed by atoms with Crippen molar-refractivity contribution in [3.8, 4) is 5.75 Å². The van der Waals surface area contributed by atoms with E-state index in [-0.39, 0.29) is 5.60 Å². The molecule has 0 fully saturated rings. The first-order chi connectivity index (χ1) is 6.83. The van der Waals surface area contributed by atoms with Gasteiger partial charge in [0.25, 0.3) is 0 Å². The van der Waals surface area contributed by atoms with E-state index in [1.165, 1.54) is 25.8 Å². The summed E-state index contributed by atoms with van der Waals surface area (Å²) >= 11 is 2.44. The maximum atomic E-state index is 6.04. The maximum absolute atomic E-state index is 6.04. The molecule has 1 aliphatic rings. The fraction of sp³-hybridized carbons (Fsp3) is 0.538. The van der Waals surface area contributed by atoms with Crippen LogP contribution in [0.2, 0.25) is 0 Å². The fourth-order valence-corrected chi connectivity index (χ4v) is 2.96. The lowest BCUT2D eigenvalue weighted by Gasteiger charge is -2.18. The Labute approximate surface area is 105 Å².